The molecule has 1 unspecified atom stereocenters. The van der Waals surface area contributed by atoms with E-state index in [1.807, 2.05) is 6.07 Å². The van der Waals surface area contributed by atoms with Gasteiger partial charge in [-0.1, -0.05) is 6.08 Å². The number of hydrogen-bond donors (Lipinski definition) is 1. The average molecular weight is 359 g/mol. The Morgan fingerprint density at radius 2 is 1.92 bits per heavy atom. The van der Waals surface area contributed by atoms with Crippen molar-refractivity contribution in [2.45, 2.75) is 38.4 Å². The van der Waals surface area contributed by atoms with Crippen LogP contribution in [-0.2, 0) is 14.8 Å². The van der Waals surface area contributed by atoms with Gasteiger partial charge in [0.2, 0.25) is 5.91 Å². The molecule has 25 heavy (non-hydrogen) atoms. The van der Waals surface area contributed by atoms with Crippen molar-refractivity contribution in [3.05, 3.63) is 42.0 Å². The molecular formula is C18H21N3O3S. The van der Waals surface area contributed by atoms with Crippen LogP contribution in [0.4, 0.5) is 5.69 Å². The monoisotopic (exact) mass is 359 g/mol. The van der Waals surface area contributed by atoms with Crippen molar-refractivity contribution in [3.8, 4) is 6.07 Å². The number of nitrogens with zero attached hydrogens (tertiary/aromatic N) is 2. The third-order valence-corrected chi connectivity index (χ3v) is 5.88. The van der Waals surface area contributed by atoms with Crippen molar-refractivity contribution in [3.63, 3.8) is 0 Å². The van der Waals surface area contributed by atoms with E-state index in [2.05, 4.69) is 9.71 Å². The summed E-state index contributed by atoms with van der Waals surface area (Å²) >= 11 is 0. The largest absolute Gasteiger partial charge is 0.326 e. The van der Waals surface area contributed by atoms with Crippen LogP contribution < -0.4 is 5.32 Å². The Bertz CT molecular complexity index is 854. The van der Waals surface area contributed by atoms with Crippen molar-refractivity contribution >= 4 is 27.3 Å². The van der Waals surface area contributed by atoms with E-state index in [-0.39, 0.29) is 11.8 Å². The fourth-order valence-corrected chi connectivity index (χ4v) is 2.89. The molecule has 6 nitrogen and oxygen atoms in total. The Hall–Kier alpha value is -2.46. The molecule has 0 saturated heterocycles. The van der Waals surface area contributed by atoms with Gasteiger partial charge < -0.3 is 5.32 Å². The van der Waals surface area contributed by atoms with E-state index in [0.29, 0.717) is 29.8 Å². The Morgan fingerprint density at radius 1 is 1.28 bits per heavy atom. The molecule has 1 atom stereocenters. The van der Waals surface area contributed by atoms with Gasteiger partial charge in [0.05, 0.1) is 28.0 Å². The van der Waals surface area contributed by atoms with Gasteiger partial charge in [-0.15, -0.1) is 0 Å². The number of rotatable bonds is 3. The van der Waals surface area contributed by atoms with E-state index in [0.717, 1.165) is 0 Å². The summed E-state index contributed by atoms with van der Waals surface area (Å²) in [7, 11) is -3.58. The van der Waals surface area contributed by atoms with Crippen LogP contribution in [0.1, 0.15) is 39.2 Å². The number of amides is 1. The van der Waals surface area contributed by atoms with Crippen LogP contribution in [0.5, 0.6) is 0 Å². The summed E-state index contributed by atoms with van der Waals surface area (Å²) in [6.07, 6.45) is 4.21. The lowest BCUT2D eigenvalue weighted by Gasteiger charge is -2.19. The maximum Gasteiger partial charge on any atom is 0.258 e. The summed E-state index contributed by atoms with van der Waals surface area (Å²) in [5.41, 5.74) is 1.61. The molecule has 1 aliphatic rings. The zero-order valence-electron chi connectivity index (χ0n) is 14.5. The summed E-state index contributed by atoms with van der Waals surface area (Å²) in [6, 6.07) is 8.63. The standard InChI is InChI=1S/C18H21N3O3S/c1-18(2,3)25(23,24)21-16-10-6-14(7-11-16)17(22)20-15-8-4-13(12-19)5-9-15/h4-6,8-10,14H,7,11H2,1-3H3,(H,20,22). The van der Waals surface area contributed by atoms with Crippen LogP contribution in [0.2, 0.25) is 0 Å². The first-order valence-electron chi connectivity index (χ1n) is 7.95. The van der Waals surface area contributed by atoms with Gasteiger partial charge in [-0.2, -0.15) is 9.66 Å². The topological polar surface area (TPSA) is 99.4 Å². The van der Waals surface area contributed by atoms with E-state index >= 15 is 0 Å². The summed E-state index contributed by atoms with van der Waals surface area (Å²) < 4.78 is 27.1. The lowest BCUT2D eigenvalue weighted by atomic mass is 9.94. The molecule has 7 heteroatoms. The second-order valence-electron chi connectivity index (χ2n) is 6.85. The fraction of sp³-hybridized carbons (Fsp3) is 0.389. The molecule has 1 N–H and O–H groups in total. The number of sulfonamides is 1. The molecule has 0 aliphatic heterocycles. The summed E-state index contributed by atoms with van der Waals surface area (Å²) in [5, 5.41) is 11.6. The predicted molar refractivity (Wildman–Crippen MR) is 97.8 cm³/mol. The smallest absolute Gasteiger partial charge is 0.258 e. The summed E-state index contributed by atoms with van der Waals surface area (Å²) in [6.45, 7) is 4.81. The quantitative estimate of drug-likeness (QED) is 0.896. The van der Waals surface area contributed by atoms with Gasteiger partial charge in [0, 0.05) is 5.69 Å². The molecule has 0 aromatic heterocycles. The van der Waals surface area contributed by atoms with Gasteiger partial charge in [-0.05, 0) is 64.0 Å². The van der Waals surface area contributed by atoms with E-state index in [1.165, 1.54) is 0 Å². The number of nitrogens with one attached hydrogen (secondary N) is 1. The SMILES string of the molecule is CC(C)(C)S(=O)(=O)N=C1C=CC(C(=O)Nc2ccc(C#N)cc2)CC1. The highest BCUT2D eigenvalue weighted by atomic mass is 32.2. The number of carbonyl (C=O) groups is 1. The molecule has 2 rings (SSSR count). The van der Waals surface area contributed by atoms with Gasteiger partial charge in [-0.3, -0.25) is 4.79 Å². The Labute approximate surface area is 148 Å². The minimum absolute atomic E-state index is 0.168. The maximum atomic E-state index is 12.3. The molecule has 0 saturated carbocycles. The number of nitriles is 1. The van der Waals surface area contributed by atoms with Crippen molar-refractivity contribution in [2.24, 2.45) is 10.3 Å². The molecule has 1 aromatic carbocycles. The van der Waals surface area contributed by atoms with Crippen LogP contribution >= 0.6 is 0 Å². The minimum Gasteiger partial charge on any atom is -0.326 e. The van der Waals surface area contributed by atoms with Gasteiger partial charge >= 0.3 is 0 Å². The zero-order chi connectivity index (χ0) is 18.7. The Morgan fingerprint density at radius 3 is 2.40 bits per heavy atom. The molecule has 0 radical (unpaired) electrons. The molecule has 1 aliphatic carbocycles. The molecule has 0 spiro atoms. The van der Waals surface area contributed by atoms with Gasteiger partial charge in [0.1, 0.15) is 0 Å². The van der Waals surface area contributed by atoms with Gasteiger partial charge in [0.15, 0.2) is 0 Å². The zero-order valence-corrected chi connectivity index (χ0v) is 15.3. The van der Waals surface area contributed by atoms with E-state index < -0.39 is 14.8 Å². The van der Waals surface area contributed by atoms with Crippen LogP contribution in [0.15, 0.2) is 40.8 Å². The normalized spacial score (nSPS) is 19.4. The summed E-state index contributed by atoms with van der Waals surface area (Å²) in [4.78, 5) is 12.3. The second kappa shape index (κ2) is 7.19. The summed E-state index contributed by atoms with van der Waals surface area (Å²) in [5.74, 6) is -0.509. The third-order valence-electron chi connectivity index (χ3n) is 3.86. The van der Waals surface area contributed by atoms with Crippen molar-refractivity contribution in [2.75, 3.05) is 5.32 Å². The first kappa shape index (κ1) is 18.9. The van der Waals surface area contributed by atoms with Crippen LogP contribution in [0, 0.1) is 17.2 Å². The molecule has 0 bridgehead atoms. The highest BCUT2D eigenvalue weighted by Gasteiger charge is 2.29. The molecular weight excluding hydrogens is 338 g/mol. The number of carbonyl (C=O) groups excluding carboxylic acids is 1. The van der Waals surface area contributed by atoms with Crippen LogP contribution in [0.3, 0.4) is 0 Å². The second-order valence-corrected chi connectivity index (χ2v) is 9.21. The van der Waals surface area contributed by atoms with Gasteiger partial charge in [-0.25, -0.2) is 8.42 Å². The molecule has 132 valence electrons. The third kappa shape index (κ3) is 4.77. The molecule has 0 fully saturated rings. The molecule has 1 amide bonds. The Balaban J connectivity index is 2.04. The number of benzene rings is 1. The number of hydrogen-bond acceptors (Lipinski definition) is 4. The van der Waals surface area contributed by atoms with Crippen LogP contribution in [0.25, 0.3) is 0 Å². The van der Waals surface area contributed by atoms with Crippen LogP contribution in [-0.4, -0.2) is 24.8 Å². The maximum absolute atomic E-state index is 12.3. The number of anilines is 1. The fourth-order valence-electron chi connectivity index (χ4n) is 2.16. The van der Waals surface area contributed by atoms with Gasteiger partial charge in [0.25, 0.3) is 10.0 Å². The average Bonchev–Trinajstić information content (AvgIpc) is 2.55. The first-order valence-corrected chi connectivity index (χ1v) is 9.39. The highest BCUT2D eigenvalue weighted by molar-refractivity contribution is 7.91. The van der Waals surface area contributed by atoms with Crippen molar-refractivity contribution < 1.29 is 13.2 Å². The lowest BCUT2D eigenvalue weighted by molar-refractivity contribution is -0.118. The van der Waals surface area contributed by atoms with Crippen molar-refractivity contribution in [1.82, 2.24) is 0 Å². The van der Waals surface area contributed by atoms with Crippen molar-refractivity contribution in [1.29, 1.82) is 5.26 Å². The number of allylic oxidation sites excluding steroid dienone is 1. The van der Waals surface area contributed by atoms with E-state index in [4.69, 9.17) is 5.26 Å². The minimum atomic E-state index is -3.58. The molecule has 0 heterocycles. The molecule has 1 aromatic rings. The lowest BCUT2D eigenvalue weighted by Crippen LogP contribution is -2.28. The predicted octanol–water partition coefficient (Wildman–Crippen LogP) is 3.03. The van der Waals surface area contributed by atoms with E-state index in [1.54, 1.807) is 57.2 Å². The highest BCUT2D eigenvalue weighted by Crippen LogP contribution is 2.22. The van der Waals surface area contributed by atoms with E-state index in [9.17, 15) is 13.2 Å². The Kier molecular flexibility index (Phi) is 5.43. The first-order chi connectivity index (χ1) is 11.6.